The molecule has 34 heavy (non-hydrogen) atoms. The molecule has 2 aromatic carbocycles. The number of carbonyl (C=O) groups is 3. The predicted molar refractivity (Wildman–Crippen MR) is 119 cm³/mol. The molecule has 3 aromatic rings. The second-order valence-corrected chi connectivity index (χ2v) is 7.70. The van der Waals surface area contributed by atoms with E-state index in [0.29, 0.717) is 12.1 Å². The third-order valence-electron chi connectivity index (χ3n) is 4.46. The van der Waals surface area contributed by atoms with Crippen LogP contribution in [0.15, 0.2) is 57.7 Å². The van der Waals surface area contributed by atoms with Gasteiger partial charge in [-0.25, -0.2) is 9.18 Å². The number of halogens is 1. The fourth-order valence-corrected chi connectivity index (χ4v) is 2.80. The Morgan fingerprint density at radius 2 is 1.82 bits per heavy atom. The molecule has 1 aromatic heterocycles. The summed E-state index contributed by atoms with van der Waals surface area (Å²) in [5, 5.41) is 9.17. The highest BCUT2D eigenvalue weighted by Crippen LogP contribution is 2.16. The number of ether oxygens (including phenoxy) is 1. The van der Waals surface area contributed by atoms with Crippen molar-refractivity contribution in [3.05, 3.63) is 70.5 Å². The highest BCUT2D eigenvalue weighted by Gasteiger charge is 2.17. The van der Waals surface area contributed by atoms with Crippen molar-refractivity contribution < 1.29 is 27.9 Å². The van der Waals surface area contributed by atoms with E-state index in [1.165, 1.54) is 24.3 Å². The molecule has 10 nitrogen and oxygen atoms in total. The van der Waals surface area contributed by atoms with Crippen LogP contribution in [0.25, 0.3) is 11.5 Å². The van der Waals surface area contributed by atoms with Crippen molar-refractivity contribution in [2.75, 3.05) is 18.5 Å². The van der Waals surface area contributed by atoms with Gasteiger partial charge in [0.1, 0.15) is 12.4 Å². The Kier molecular flexibility index (Phi) is 7.91. The van der Waals surface area contributed by atoms with Gasteiger partial charge < -0.3 is 19.8 Å². The van der Waals surface area contributed by atoms with Crippen LogP contribution < -0.4 is 16.4 Å². The van der Waals surface area contributed by atoms with Crippen molar-refractivity contribution >= 4 is 23.5 Å². The van der Waals surface area contributed by atoms with Crippen LogP contribution in [0.1, 0.15) is 24.2 Å². The van der Waals surface area contributed by atoms with Gasteiger partial charge in [0.15, 0.2) is 6.61 Å². The summed E-state index contributed by atoms with van der Waals surface area (Å²) in [4.78, 5) is 48.6. The highest BCUT2D eigenvalue weighted by atomic mass is 19.1. The van der Waals surface area contributed by atoms with Gasteiger partial charge in [0, 0.05) is 12.1 Å². The molecule has 0 saturated heterocycles. The number of anilines is 1. The first-order valence-corrected chi connectivity index (χ1v) is 10.4. The number of esters is 1. The topological polar surface area (TPSA) is 133 Å². The molecule has 0 bridgehead atoms. The van der Waals surface area contributed by atoms with Crippen LogP contribution in [0.5, 0.6) is 0 Å². The Bertz CT molecular complexity index is 1230. The van der Waals surface area contributed by atoms with E-state index in [9.17, 15) is 23.6 Å². The second kappa shape index (κ2) is 11.0. The van der Waals surface area contributed by atoms with Gasteiger partial charge >= 0.3 is 11.7 Å². The van der Waals surface area contributed by atoms with E-state index in [4.69, 9.17) is 9.15 Å². The zero-order valence-corrected chi connectivity index (χ0v) is 18.5. The summed E-state index contributed by atoms with van der Waals surface area (Å²) in [7, 11) is 0. The van der Waals surface area contributed by atoms with Gasteiger partial charge in [-0.2, -0.15) is 4.68 Å². The number of aromatic nitrogens is 2. The first kappa shape index (κ1) is 24.4. The predicted octanol–water partition coefficient (Wildman–Crippen LogP) is 2.21. The average Bonchev–Trinajstić information content (AvgIpc) is 3.16. The number of para-hydroxylation sites is 1. The Balaban J connectivity index is 1.55. The van der Waals surface area contributed by atoms with Gasteiger partial charge in [-0.15, -0.1) is 5.10 Å². The molecule has 2 N–H and O–H groups in total. The molecule has 0 aliphatic carbocycles. The monoisotopic (exact) mass is 470 g/mol. The summed E-state index contributed by atoms with van der Waals surface area (Å²) in [6.45, 7) is 3.16. The van der Waals surface area contributed by atoms with Gasteiger partial charge in [-0.05, 0) is 42.3 Å². The van der Waals surface area contributed by atoms with Crippen molar-refractivity contribution in [1.82, 2.24) is 15.1 Å². The van der Waals surface area contributed by atoms with E-state index in [1.807, 2.05) is 13.8 Å². The minimum atomic E-state index is -0.915. The SMILES string of the molecule is CC(C)CNC(=O)c1ccccc1NC(=O)COC(=O)Cn1nc(-c2ccc(F)cc2)oc1=O. The van der Waals surface area contributed by atoms with Gasteiger partial charge in [0.25, 0.3) is 11.8 Å². The van der Waals surface area contributed by atoms with Crippen molar-refractivity contribution in [3.63, 3.8) is 0 Å². The molecule has 178 valence electrons. The van der Waals surface area contributed by atoms with Gasteiger partial charge in [0.2, 0.25) is 5.89 Å². The number of rotatable bonds is 9. The first-order valence-electron chi connectivity index (χ1n) is 10.4. The number of nitrogens with zero attached hydrogens (tertiary/aromatic N) is 2. The Labute approximate surface area is 193 Å². The molecule has 0 atom stereocenters. The van der Waals surface area contributed by atoms with Crippen molar-refractivity contribution in [3.8, 4) is 11.5 Å². The lowest BCUT2D eigenvalue weighted by atomic mass is 10.1. The highest BCUT2D eigenvalue weighted by molar-refractivity contribution is 6.04. The van der Waals surface area contributed by atoms with Gasteiger partial charge in [-0.1, -0.05) is 26.0 Å². The molecular weight excluding hydrogens is 447 g/mol. The maximum Gasteiger partial charge on any atom is 0.437 e. The number of amides is 2. The molecule has 0 fully saturated rings. The van der Waals surface area contributed by atoms with E-state index in [-0.39, 0.29) is 29.0 Å². The lowest BCUT2D eigenvalue weighted by molar-refractivity contribution is -0.148. The quantitative estimate of drug-likeness (QED) is 0.458. The van der Waals surface area contributed by atoms with Crippen LogP contribution in [-0.4, -0.2) is 40.7 Å². The smallest absolute Gasteiger partial charge is 0.437 e. The standard InChI is InChI=1S/C23H23FN4O6/c1-14(2)11-25-21(31)17-5-3-4-6-18(17)26-19(29)13-33-20(30)12-28-23(32)34-22(27-28)15-7-9-16(24)10-8-15/h3-10,14H,11-13H2,1-2H3,(H,25,31)(H,26,29). The summed E-state index contributed by atoms with van der Waals surface area (Å²) in [5.74, 6) is -3.13. The van der Waals surface area contributed by atoms with Crippen LogP contribution in [0.3, 0.4) is 0 Å². The number of carbonyl (C=O) groups excluding carboxylic acids is 3. The number of benzene rings is 2. The fraction of sp³-hybridized carbons (Fsp3) is 0.261. The summed E-state index contributed by atoms with van der Waals surface area (Å²) < 4.78 is 23.6. The van der Waals surface area contributed by atoms with E-state index in [1.54, 1.807) is 24.3 Å². The van der Waals surface area contributed by atoms with Crippen molar-refractivity contribution in [2.24, 2.45) is 5.92 Å². The van der Waals surface area contributed by atoms with Crippen molar-refractivity contribution in [2.45, 2.75) is 20.4 Å². The summed E-state index contributed by atoms with van der Waals surface area (Å²) in [5.41, 5.74) is 0.882. The third-order valence-corrected chi connectivity index (χ3v) is 4.46. The summed E-state index contributed by atoms with van der Waals surface area (Å²) in [6, 6.07) is 11.5. The lowest BCUT2D eigenvalue weighted by Gasteiger charge is -2.12. The molecule has 0 saturated carbocycles. The first-order chi connectivity index (χ1) is 16.2. The summed E-state index contributed by atoms with van der Waals surface area (Å²) >= 11 is 0. The summed E-state index contributed by atoms with van der Waals surface area (Å²) in [6.07, 6.45) is 0. The fourth-order valence-electron chi connectivity index (χ4n) is 2.80. The molecule has 0 aliphatic rings. The molecule has 0 aliphatic heterocycles. The molecule has 11 heteroatoms. The van der Waals surface area contributed by atoms with E-state index in [0.717, 1.165) is 4.68 Å². The number of hydrogen-bond acceptors (Lipinski definition) is 7. The molecular formula is C23H23FN4O6. The minimum absolute atomic E-state index is 0.0945. The van der Waals surface area contributed by atoms with Crippen LogP contribution in [0.4, 0.5) is 10.1 Å². The average molecular weight is 470 g/mol. The van der Waals surface area contributed by atoms with E-state index in [2.05, 4.69) is 15.7 Å². The molecule has 0 radical (unpaired) electrons. The minimum Gasteiger partial charge on any atom is -0.454 e. The Hall–Kier alpha value is -4.28. The largest absolute Gasteiger partial charge is 0.454 e. The van der Waals surface area contributed by atoms with Gasteiger partial charge in [-0.3, -0.25) is 14.4 Å². The molecule has 1 heterocycles. The third kappa shape index (κ3) is 6.61. The molecule has 2 amide bonds. The maximum absolute atomic E-state index is 13.0. The van der Waals surface area contributed by atoms with Crippen LogP contribution in [-0.2, 0) is 20.9 Å². The molecule has 0 spiro atoms. The maximum atomic E-state index is 13.0. The van der Waals surface area contributed by atoms with Crippen LogP contribution in [0, 0.1) is 11.7 Å². The molecule has 0 unspecified atom stereocenters. The molecule has 3 rings (SSSR count). The van der Waals surface area contributed by atoms with Crippen LogP contribution in [0.2, 0.25) is 0 Å². The number of hydrogen-bond donors (Lipinski definition) is 2. The zero-order chi connectivity index (χ0) is 24.7. The Morgan fingerprint density at radius 3 is 2.53 bits per heavy atom. The lowest BCUT2D eigenvalue weighted by Crippen LogP contribution is -2.29. The van der Waals surface area contributed by atoms with Gasteiger partial charge in [0.05, 0.1) is 11.3 Å². The van der Waals surface area contributed by atoms with E-state index < -0.39 is 36.6 Å². The Morgan fingerprint density at radius 1 is 1.12 bits per heavy atom. The van der Waals surface area contributed by atoms with Crippen LogP contribution >= 0.6 is 0 Å². The number of nitrogens with one attached hydrogen (secondary N) is 2. The second-order valence-electron chi connectivity index (χ2n) is 7.70. The van der Waals surface area contributed by atoms with E-state index >= 15 is 0 Å². The zero-order valence-electron chi connectivity index (χ0n) is 18.5. The normalized spacial score (nSPS) is 10.7. The van der Waals surface area contributed by atoms with Crippen molar-refractivity contribution in [1.29, 1.82) is 0 Å².